The van der Waals surface area contributed by atoms with Gasteiger partial charge in [0.2, 0.25) is 0 Å². The van der Waals surface area contributed by atoms with Gasteiger partial charge >= 0.3 is 0 Å². The molecule has 0 bridgehead atoms. The average Bonchev–Trinajstić information content (AvgIpc) is 2.95. The summed E-state index contributed by atoms with van der Waals surface area (Å²) in [4.78, 5) is 0. The van der Waals surface area contributed by atoms with E-state index in [1.807, 2.05) is 12.1 Å². The van der Waals surface area contributed by atoms with Crippen LogP contribution in [-0.2, 0) is 6.42 Å². The molecule has 0 aliphatic carbocycles. The molecule has 2 nitrogen and oxygen atoms in total. The SMILES string of the molecule is CCNC(c1ccc(Br)c(F)c1)c1ccc2c(c1)CCO2. The molecular formula is C17H17BrFNO. The summed E-state index contributed by atoms with van der Waals surface area (Å²) >= 11 is 3.20. The fraction of sp³-hybridized carbons (Fsp3) is 0.294. The van der Waals surface area contributed by atoms with E-state index in [9.17, 15) is 4.39 Å². The lowest BCUT2D eigenvalue weighted by Gasteiger charge is -2.20. The lowest BCUT2D eigenvalue weighted by molar-refractivity contribution is 0.357. The third-order valence-corrected chi connectivity index (χ3v) is 4.38. The summed E-state index contributed by atoms with van der Waals surface area (Å²) in [6.45, 7) is 3.62. The van der Waals surface area contributed by atoms with E-state index in [-0.39, 0.29) is 11.9 Å². The van der Waals surface area contributed by atoms with Crippen LogP contribution in [0.25, 0.3) is 0 Å². The molecule has 1 heterocycles. The van der Waals surface area contributed by atoms with Crippen molar-refractivity contribution in [3.05, 3.63) is 63.4 Å². The van der Waals surface area contributed by atoms with Crippen LogP contribution >= 0.6 is 15.9 Å². The van der Waals surface area contributed by atoms with Crippen molar-refractivity contribution in [3.8, 4) is 5.75 Å². The number of rotatable bonds is 4. The van der Waals surface area contributed by atoms with Crippen molar-refractivity contribution in [2.45, 2.75) is 19.4 Å². The highest BCUT2D eigenvalue weighted by atomic mass is 79.9. The van der Waals surface area contributed by atoms with Crippen molar-refractivity contribution in [2.24, 2.45) is 0 Å². The minimum absolute atomic E-state index is 0.0106. The Hall–Kier alpha value is -1.39. The number of ether oxygens (including phenoxy) is 1. The fourth-order valence-electron chi connectivity index (χ4n) is 2.71. The van der Waals surface area contributed by atoms with Crippen LogP contribution < -0.4 is 10.1 Å². The van der Waals surface area contributed by atoms with Gasteiger partial charge in [-0.05, 0) is 57.4 Å². The molecule has 1 N–H and O–H groups in total. The first-order valence-corrected chi connectivity index (χ1v) is 7.92. The number of hydrogen-bond acceptors (Lipinski definition) is 2. The van der Waals surface area contributed by atoms with Crippen LogP contribution in [0.3, 0.4) is 0 Å². The van der Waals surface area contributed by atoms with Crippen LogP contribution in [0, 0.1) is 5.82 Å². The van der Waals surface area contributed by atoms with Crippen molar-refractivity contribution in [3.63, 3.8) is 0 Å². The Morgan fingerprint density at radius 3 is 2.76 bits per heavy atom. The molecule has 110 valence electrons. The normalized spacial score (nSPS) is 14.6. The van der Waals surface area contributed by atoms with E-state index < -0.39 is 0 Å². The van der Waals surface area contributed by atoms with Crippen LogP contribution in [0.4, 0.5) is 4.39 Å². The first-order valence-electron chi connectivity index (χ1n) is 7.13. The van der Waals surface area contributed by atoms with Gasteiger partial charge in [-0.2, -0.15) is 0 Å². The second kappa shape index (κ2) is 6.16. The molecule has 2 aromatic carbocycles. The third-order valence-electron chi connectivity index (χ3n) is 3.73. The average molecular weight is 350 g/mol. The quantitative estimate of drug-likeness (QED) is 0.891. The molecule has 1 unspecified atom stereocenters. The zero-order valence-electron chi connectivity index (χ0n) is 11.8. The van der Waals surface area contributed by atoms with Crippen LogP contribution in [0.15, 0.2) is 40.9 Å². The van der Waals surface area contributed by atoms with E-state index in [0.717, 1.165) is 36.4 Å². The Bertz CT molecular complexity index is 659. The molecule has 0 amide bonds. The summed E-state index contributed by atoms with van der Waals surface area (Å²) in [5.41, 5.74) is 3.30. The Balaban J connectivity index is 1.99. The summed E-state index contributed by atoms with van der Waals surface area (Å²) in [6.07, 6.45) is 0.941. The molecule has 4 heteroatoms. The zero-order valence-corrected chi connectivity index (χ0v) is 13.4. The monoisotopic (exact) mass is 349 g/mol. The highest BCUT2D eigenvalue weighted by Crippen LogP contribution is 2.31. The van der Waals surface area contributed by atoms with Gasteiger partial charge in [-0.1, -0.05) is 25.1 Å². The van der Waals surface area contributed by atoms with Crippen LogP contribution in [0.2, 0.25) is 0 Å². The van der Waals surface area contributed by atoms with Gasteiger partial charge in [0.15, 0.2) is 0 Å². The highest BCUT2D eigenvalue weighted by molar-refractivity contribution is 9.10. The largest absolute Gasteiger partial charge is 0.493 e. The topological polar surface area (TPSA) is 21.3 Å². The Morgan fingerprint density at radius 2 is 2.00 bits per heavy atom. The summed E-state index contributed by atoms with van der Waals surface area (Å²) in [5, 5.41) is 3.43. The molecule has 2 aromatic rings. The van der Waals surface area contributed by atoms with Gasteiger partial charge in [0.05, 0.1) is 17.1 Å². The number of hydrogen-bond donors (Lipinski definition) is 1. The number of fused-ring (bicyclic) bond motifs is 1. The van der Waals surface area contributed by atoms with E-state index in [2.05, 4.69) is 40.3 Å². The highest BCUT2D eigenvalue weighted by Gasteiger charge is 2.18. The first kappa shape index (κ1) is 14.5. The molecule has 0 saturated carbocycles. The van der Waals surface area contributed by atoms with Crippen molar-refractivity contribution < 1.29 is 9.13 Å². The maximum absolute atomic E-state index is 13.8. The molecule has 1 aliphatic heterocycles. The number of halogens is 2. The molecule has 1 aliphatic rings. The van der Waals surface area contributed by atoms with Gasteiger partial charge in [-0.15, -0.1) is 0 Å². The predicted molar refractivity (Wildman–Crippen MR) is 85.3 cm³/mol. The molecule has 0 saturated heterocycles. The lowest BCUT2D eigenvalue weighted by Crippen LogP contribution is -2.22. The van der Waals surface area contributed by atoms with Gasteiger partial charge in [-0.3, -0.25) is 0 Å². The minimum Gasteiger partial charge on any atom is -0.493 e. The maximum atomic E-state index is 13.8. The summed E-state index contributed by atoms with van der Waals surface area (Å²) in [7, 11) is 0. The molecule has 0 spiro atoms. The molecule has 21 heavy (non-hydrogen) atoms. The smallest absolute Gasteiger partial charge is 0.137 e. The third kappa shape index (κ3) is 2.97. The first-order chi connectivity index (χ1) is 10.2. The van der Waals surface area contributed by atoms with E-state index in [4.69, 9.17) is 4.74 Å². The predicted octanol–water partition coefficient (Wildman–Crippen LogP) is 4.22. The Kier molecular flexibility index (Phi) is 4.27. The van der Waals surface area contributed by atoms with Crippen LogP contribution in [0.5, 0.6) is 5.75 Å². The second-order valence-corrected chi connectivity index (χ2v) is 5.98. The van der Waals surface area contributed by atoms with Crippen molar-refractivity contribution in [1.82, 2.24) is 5.32 Å². The van der Waals surface area contributed by atoms with E-state index in [1.165, 1.54) is 5.56 Å². The Morgan fingerprint density at radius 1 is 1.24 bits per heavy atom. The van der Waals surface area contributed by atoms with E-state index >= 15 is 0 Å². The number of benzene rings is 2. The van der Waals surface area contributed by atoms with Gasteiger partial charge in [0.25, 0.3) is 0 Å². The lowest BCUT2D eigenvalue weighted by atomic mass is 9.96. The summed E-state index contributed by atoms with van der Waals surface area (Å²) in [6, 6.07) is 11.5. The van der Waals surface area contributed by atoms with E-state index in [0.29, 0.717) is 4.47 Å². The number of nitrogens with one attached hydrogen (secondary N) is 1. The fourth-order valence-corrected chi connectivity index (χ4v) is 2.96. The standard InChI is InChI=1S/C17H17BrFNO/c1-2-20-17(13-3-5-14(18)15(19)10-13)12-4-6-16-11(9-12)7-8-21-16/h3-6,9-10,17,20H,2,7-8H2,1H3. The molecule has 0 aromatic heterocycles. The molecule has 0 radical (unpaired) electrons. The van der Waals surface area contributed by atoms with Crippen LogP contribution in [0.1, 0.15) is 29.7 Å². The van der Waals surface area contributed by atoms with Gasteiger partial charge in [-0.25, -0.2) is 4.39 Å². The van der Waals surface area contributed by atoms with Crippen molar-refractivity contribution >= 4 is 15.9 Å². The summed E-state index contributed by atoms with van der Waals surface area (Å²) < 4.78 is 19.9. The van der Waals surface area contributed by atoms with Gasteiger partial charge in [0.1, 0.15) is 11.6 Å². The molecule has 3 rings (SSSR count). The van der Waals surface area contributed by atoms with E-state index in [1.54, 1.807) is 12.1 Å². The minimum atomic E-state index is -0.236. The Labute approximate surface area is 132 Å². The van der Waals surface area contributed by atoms with Gasteiger partial charge < -0.3 is 10.1 Å². The molecule has 0 fully saturated rings. The maximum Gasteiger partial charge on any atom is 0.137 e. The van der Waals surface area contributed by atoms with Crippen molar-refractivity contribution in [1.29, 1.82) is 0 Å². The summed E-state index contributed by atoms with van der Waals surface area (Å²) in [5.74, 6) is 0.732. The van der Waals surface area contributed by atoms with Gasteiger partial charge in [0, 0.05) is 6.42 Å². The zero-order chi connectivity index (χ0) is 14.8. The van der Waals surface area contributed by atoms with Crippen molar-refractivity contribution in [2.75, 3.05) is 13.2 Å². The molecular weight excluding hydrogens is 333 g/mol. The van der Waals surface area contributed by atoms with Crippen LogP contribution in [-0.4, -0.2) is 13.2 Å². The molecule has 1 atom stereocenters. The second-order valence-electron chi connectivity index (χ2n) is 5.13.